The number of hydrogen-bond acceptors (Lipinski definition) is 2. The highest BCUT2D eigenvalue weighted by molar-refractivity contribution is 9.10. The second kappa shape index (κ2) is 3.79. The van der Waals surface area contributed by atoms with Crippen molar-refractivity contribution in [3.63, 3.8) is 0 Å². The lowest BCUT2D eigenvalue weighted by Gasteiger charge is -2.15. The first-order valence-corrected chi connectivity index (χ1v) is 4.43. The lowest BCUT2D eigenvalue weighted by atomic mass is 10.1. The maximum atomic E-state index is 12.4. The standard InChI is InChI=1S/C7H3BrF6N2/c8-4-2(6(9,10)11)1-16-5(15)3(4)7(12,13)14/h1H,(H2,15,16). The van der Waals surface area contributed by atoms with Crippen LogP contribution >= 0.6 is 15.9 Å². The molecule has 0 atom stereocenters. The van der Waals surface area contributed by atoms with Crippen molar-refractivity contribution in [2.24, 2.45) is 0 Å². The van der Waals surface area contributed by atoms with Crippen LogP contribution in [0.2, 0.25) is 0 Å². The molecule has 0 aliphatic rings. The van der Waals surface area contributed by atoms with E-state index < -0.39 is 33.8 Å². The molecule has 16 heavy (non-hydrogen) atoms. The SMILES string of the molecule is Nc1ncc(C(F)(F)F)c(Br)c1C(F)(F)F. The molecule has 0 unspecified atom stereocenters. The van der Waals surface area contributed by atoms with Crippen LogP contribution in [0, 0.1) is 0 Å². The van der Waals surface area contributed by atoms with E-state index in [0.717, 1.165) is 0 Å². The van der Waals surface area contributed by atoms with Crippen molar-refractivity contribution in [3.8, 4) is 0 Å². The van der Waals surface area contributed by atoms with E-state index in [1.807, 2.05) is 0 Å². The first-order chi connectivity index (χ1) is 7.05. The molecular weight excluding hydrogens is 306 g/mol. The van der Waals surface area contributed by atoms with Gasteiger partial charge >= 0.3 is 12.4 Å². The number of anilines is 1. The summed E-state index contributed by atoms with van der Waals surface area (Å²) in [6.45, 7) is 0. The minimum absolute atomic E-state index is 0.245. The Hall–Kier alpha value is -0.990. The van der Waals surface area contributed by atoms with Gasteiger partial charge in [0, 0.05) is 10.7 Å². The Kier molecular flexibility index (Phi) is 3.10. The average molecular weight is 309 g/mol. The van der Waals surface area contributed by atoms with Gasteiger partial charge in [-0.25, -0.2) is 4.98 Å². The number of pyridine rings is 1. The van der Waals surface area contributed by atoms with Crippen LogP contribution in [-0.4, -0.2) is 4.98 Å². The van der Waals surface area contributed by atoms with Crippen LogP contribution in [-0.2, 0) is 12.4 Å². The highest BCUT2D eigenvalue weighted by atomic mass is 79.9. The first kappa shape index (κ1) is 13.1. The minimum Gasteiger partial charge on any atom is -0.383 e. The summed E-state index contributed by atoms with van der Waals surface area (Å²) in [6, 6.07) is 0. The molecule has 0 saturated carbocycles. The highest BCUT2D eigenvalue weighted by Crippen LogP contribution is 2.43. The van der Waals surface area contributed by atoms with E-state index in [1.165, 1.54) is 0 Å². The summed E-state index contributed by atoms with van der Waals surface area (Å²) in [7, 11) is 0. The molecule has 0 spiro atoms. The van der Waals surface area contributed by atoms with Gasteiger partial charge in [-0.05, 0) is 15.9 Å². The fourth-order valence-electron chi connectivity index (χ4n) is 0.970. The van der Waals surface area contributed by atoms with E-state index in [1.54, 1.807) is 0 Å². The smallest absolute Gasteiger partial charge is 0.383 e. The van der Waals surface area contributed by atoms with Crippen molar-refractivity contribution < 1.29 is 26.3 Å². The number of nitrogen functional groups attached to an aromatic ring is 1. The first-order valence-electron chi connectivity index (χ1n) is 3.63. The van der Waals surface area contributed by atoms with Crippen molar-refractivity contribution in [1.82, 2.24) is 4.98 Å². The van der Waals surface area contributed by atoms with Crippen LogP contribution in [0.15, 0.2) is 10.7 Å². The largest absolute Gasteiger partial charge is 0.421 e. The maximum Gasteiger partial charge on any atom is 0.421 e. The Bertz CT molecular complexity index is 411. The third kappa shape index (κ3) is 2.39. The van der Waals surface area contributed by atoms with Gasteiger partial charge in [0.1, 0.15) is 11.4 Å². The van der Waals surface area contributed by atoms with Crippen molar-refractivity contribution >= 4 is 21.7 Å². The molecule has 0 aromatic carbocycles. The maximum absolute atomic E-state index is 12.4. The average Bonchev–Trinajstić information content (AvgIpc) is 1.97. The molecule has 0 amide bonds. The molecule has 1 aromatic rings. The zero-order chi connectivity index (χ0) is 12.7. The Labute approximate surface area is 93.6 Å². The van der Waals surface area contributed by atoms with E-state index >= 15 is 0 Å². The summed E-state index contributed by atoms with van der Waals surface area (Å²) in [5.41, 5.74) is 1.75. The topological polar surface area (TPSA) is 38.9 Å². The molecular formula is C7H3BrF6N2. The fraction of sp³-hybridized carbons (Fsp3) is 0.286. The Morgan fingerprint density at radius 1 is 1.06 bits per heavy atom. The molecule has 0 aliphatic heterocycles. The van der Waals surface area contributed by atoms with Gasteiger partial charge in [0.05, 0.1) is 5.56 Å². The zero-order valence-electron chi connectivity index (χ0n) is 7.25. The molecule has 90 valence electrons. The summed E-state index contributed by atoms with van der Waals surface area (Å²) < 4.78 is 72.7. The lowest BCUT2D eigenvalue weighted by Crippen LogP contribution is -2.16. The normalized spacial score (nSPS) is 12.9. The zero-order valence-corrected chi connectivity index (χ0v) is 8.83. The Balaban J connectivity index is 3.52. The third-order valence-corrected chi connectivity index (χ3v) is 2.46. The quantitative estimate of drug-likeness (QED) is 0.745. The fourth-order valence-corrected chi connectivity index (χ4v) is 1.72. The lowest BCUT2D eigenvalue weighted by molar-refractivity contribution is -0.144. The number of nitrogens with zero attached hydrogens (tertiary/aromatic N) is 1. The van der Waals surface area contributed by atoms with Gasteiger partial charge in [-0.3, -0.25) is 0 Å². The van der Waals surface area contributed by atoms with Crippen LogP contribution in [0.3, 0.4) is 0 Å². The van der Waals surface area contributed by atoms with Gasteiger partial charge < -0.3 is 5.73 Å². The van der Waals surface area contributed by atoms with E-state index in [2.05, 4.69) is 20.9 Å². The number of hydrogen-bond donors (Lipinski definition) is 1. The van der Waals surface area contributed by atoms with Gasteiger partial charge in [-0.15, -0.1) is 0 Å². The van der Waals surface area contributed by atoms with Gasteiger partial charge in [0.15, 0.2) is 0 Å². The van der Waals surface area contributed by atoms with E-state index in [0.29, 0.717) is 0 Å². The molecule has 0 bridgehead atoms. The summed E-state index contributed by atoms with van der Waals surface area (Å²) in [5.74, 6) is -1.01. The van der Waals surface area contributed by atoms with Gasteiger partial charge in [0.2, 0.25) is 0 Å². The van der Waals surface area contributed by atoms with Crippen molar-refractivity contribution in [2.45, 2.75) is 12.4 Å². The van der Waals surface area contributed by atoms with Crippen molar-refractivity contribution in [1.29, 1.82) is 0 Å². The van der Waals surface area contributed by atoms with Crippen molar-refractivity contribution in [2.75, 3.05) is 5.73 Å². The number of halogens is 7. The van der Waals surface area contributed by atoms with Crippen LogP contribution in [0.5, 0.6) is 0 Å². The molecule has 1 aromatic heterocycles. The second-order valence-electron chi connectivity index (χ2n) is 2.74. The highest BCUT2D eigenvalue weighted by Gasteiger charge is 2.42. The number of nitrogens with two attached hydrogens (primary N) is 1. The molecule has 0 radical (unpaired) electrons. The summed E-state index contributed by atoms with van der Waals surface area (Å²) in [4.78, 5) is 2.88. The molecule has 1 heterocycles. The summed E-state index contributed by atoms with van der Waals surface area (Å²) in [5, 5.41) is 0. The van der Waals surface area contributed by atoms with Gasteiger partial charge in [-0.1, -0.05) is 0 Å². The van der Waals surface area contributed by atoms with Crippen molar-refractivity contribution in [3.05, 3.63) is 21.8 Å². The van der Waals surface area contributed by atoms with Gasteiger partial charge in [-0.2, -0.15) is 26.3 Å². The predicted octanol–water partition coefficient (Wildman–Crippen LogP) is 3.46. The van der Waals surface area contributed by atoms with E-state index in [9.17, 15) is 26.3 Å². The molecule has 9 heteroatoms. The third-order valence-electron chi connectivity index (χ3n) is 1.63. The predicted molar refractivity (Wildman–Crippen MR) is 46.4 cm³/mol. The van der Waals surface area contributed by atoms with E-state index in [4.69, 9.17) is 5.73 Å². The number of alkyl halides is 6. The molecule has 0 aliphatic carbocycles. The molecule has 2 N–H and O–H groups in total. The Morgan fingerprint density at radius 2 is 1.56 bits per heavy atom. The summed E-state index contributed by atoms with van der Waals surface area (Å²) in [6.07, 6.45) is -9.69. The monoisotopic (exact) mass is 308 g/mol. The van der Waals surface area contributed by atoms with Crippen LogP contribution < -0.4 is 5.73 Å². The molecule has 2 nitrogen and oxygen atoms in total. The van der Waals surface area contributed by atoms with Crippen LogP contribution in [0.4, 0.5) is 32.2 Å². The van der Waals surface area contributed by atoms with E-state index in [-0.39, 0.29) is 6.20 Å². The Morgan fingerprint density at radius 3 is 1.94 bits per heavy atom. The minimum atomic E-state index is -5.00. The molecule has 0 fully saturated rings. The summed E-state index contributed by atoms with van der Waals surface area (Å²) >= 11 is 2.24. The van der Waals surface area contributed by atoms with Gasteiger partial charge in [0.25, 0.3) is 0 Å². The van der Waals surface area contributed by atoms with Crippen LogP contribution in [0.25, 0.3) is 0 Å². The molecule has 0 saturated heterocycles. The second-order valence-corrected chi connectivity index (χ2v) is 3.53. The number of rotatable bonds is 0. The molecule has 1 rings (SSSR count). The number of aromatic nitrogens is 1. The van der Waals surface area contributed by atoms with Crippen LogP contribution in [0.1, 0.15) is 11.1 Å².